The van der Waals surface area contributed by atoms with Crippen LogP contribution < -0.4 is 0 Å². The monoisotopic (exact) mass is 317 g/mol. The molecule has 114 valence electrons. The number of halogens is 3. The zero-order valence-corrected chi connectivity index (χ0v) is 11.9. The molecule has 3 rings (SSSR count). The van der Waals surface area contributed by atoms with Crippen molar-refractivity contribution in [1.82, 2.24) is 14.6 Å². The van der Waals surface area contributed by atoms with Gasteiger partial charge in [-0.3, -0.25) is 4.40 Å². The van der Waals surface area contributed by atoms with E-state index in [4.69, 9.17) is 0 Å². The van der Waals surface area contributed by atoms with Gasteiger partial charge in [0.25, 0.3) is 0 Å². The van der Waals surface area contributed by atoms with Gasteiger partial charge in [-0.1, -0.05) is 24.6 Å². The lowest BCUT2D eigenvalue weighted by molar-refractivity contribution is -0.137. The second kappa shape index (κ2) is 5.49. The predicted molar refractivity (Wildman–Crippen MR) is 72.1 cm³/mol. The standard InChI is InChI=1S/C13H14F3N3OS/c14-13(15,16)8-5-6-11-17-18-12(19(11)7-8)21-10-4-2-1-3-9(10)20/h5-7,9-10,20H,1-4H2. The molecule has 0 radical (unpaired) electrons. The highest BCUT2D eigenvalue weighted by Gasteiger charge is 2.32. The van der Waals surface area contributed by atoms with Crippen LogP contribution in [0.2, 0.25) is 0 Å². The molecule has 2 aromatic rings. The highest BCUT2D eigenvalue weighted by molar-refractivity contribution is 7.99. The van der Waals surface area contributed by atoms with Crippen molar-refractivity contribution in [2.45, 2.75) is 48.4 Å². The molecular formula is C13H14F3N3OS. The Hall–Kier alpha value is -1.28. The molecule has 2 unspecified atom stereocenters. The number of alkyl halides is 3. The number of thioether (sulfide) groups is 1. The minimum Gasteiger partial charge on any atom is -0.392 e. The molecule has 1 aliphatic rings. The van der Waals surface area contributed by atoms with Crippen molar-refractivity contribution < 1.29 is 18.3 Å². The van der Waals surface area contributed by atoms with Gasteiger partial charge in [0.05, 0.1) is 11.7 Å². The second-order valence-electron chi connectivity index (χ2n) is 5.13. The SMILES string of the molecule is OC1CCCCC1Sc1nnc2ccc(C(F)(F)F)cn12. The third-order valence-corrected chi connectivity index (χ3v) is 4.96. The Morgan fingerprint density at radius 1 is 1.19 bits per heavy atom. The quantitative estimate of drug-likeness (QED) is 0.924. The molecular weight excluding hydrogens is 303 g/mol. The van der Waals surface area contributed by atoms with Crippen molar-refractivity contribution in [3.63, 3.8) is 0 Å². The summed E-state index contributed by atoms with van der Waals surface area (Å²) in [4.78, 5) is 0. The Kier molecular flexibility index (Phi) is 3.83. The summed E-state index contributed by atoms with van der Waals surface area (Å²) in [6.07, 6.45) is -0.280. The van der Waals surface area contributed by atoms with E-state index in [0.29, 0.717) is 10.8 Å². The maximum atomic E-state index is 12.8. The van der Waals surface area contributed by atoms with E-state index in [0.717, 1.165) is 37.9 Å². The van der Waals surface area contributed by atoms with Crippen LogP contribution in [0.15, 0.2) is 23.5 Å². The minimum atomic E-state index is -4.40. The van der Waals surface area contributed by atoms with E-state index >= 15 is 0 Å². The highest BCUT2D eigenvalue weighted by atomic mass is 32.2. The lowest BCUT2D eigenvalue weighted by Crippen LogP contribution is -2.26. The fourth-order valence-electron chi connectivity index (χ4n) is 2.47. The summed E-state index contributed by atoms with van der Waals surface area (Å²) >= 11 is 1.30. The van der Waals surface area contributed by atoms with Gasteiger partial charge in [-0.15, -0.1) is 10.2 Å². The topological polar surface area (TPSA) is 50.4 Å². The lowest BCUT2D eigenvalue weighted by Gasteiger charge is -2.26. The van der Waals surface area contributed by atoms with E-state index in [9.17, 15) is 18.3 Å². The third-order valence-electron chi connectivity index (χ3n) is 3.62. The minimum absolute atomic E-state index is 0.0410. The molecule has 1 N–H and O–H groups in total. The van der Waals surface area contributed by atoms with Crippen molar-refractivity contribution in [3.05, 3.63) is 23.9 Å². The Morgan fingerprint density at radius 2 is 1.95 bits per heavy atom. The number of hydrogen-bond donors (Lipinski definition) is 1. The molecule has 2 atom stereocenters. The van der Waals surface area contributed by atoms with Crippen LogP contribution in [-0.4, -0.2) is 31.1 Å². The van der Waals surface area contributed by atoms with Crippen molar-refractivity contribution in [1.29, 1.82) is 0 Å². The van der Waals surface area contributed by atoms with Crippen LogP contribution in [-0.2, 0) is 6.18 Å². The third kappa shape index (κ3) is 3.01. The summed E-state index contributed by atoms with van der Waals surface area (Å²) in [6, 6.07) is 2.30. The Morgan fingerprint density at radius 3 is 2.67 bits per heavy atom. The van der Waals surface area contributed by atoms with E-state index in [1.54, 1.807) is 0 Å². The summed E-state index contributed by atoms with van der Waals surface area (Å²) in [6.45, 7) is 0. The van der Waals surface area contributed by atoms with Gasteiger partial charge in [-0.05, 0) is 25.0 Å². The first kappa shape index (κ1) is 14.6. The zero-order chi connectivity index (χ0) is 15.0. The number of hydrogen-bond acceptors (Lipinski definition) is 4. The van der Waals surface area contributed by atoms with Gasteiger partial charge in [0, 0.05) is 11.4 Å². The fraction of sp³-hybridized carbons (Fsp3) is 0.538. The van der Waals surface area contributed by atoms with Crippen LogP contribution in [0, 0.1) is 0 Å². The van der Waals surface area contributed by atoms with Crippen molar-refractivity contribution in [2.24, 2.45) is 0 Å². The molecule has 8 heteroatoms. The van der Waals surface area contributed by atoms with E-state index in [2.05, 4.69) is 10.2 Å². The highest BCUT2D eigenvalue weighted by Crippen LogP contribution is 2.34. The van der Waals surface area contributed by atoms with Gasteiger partial charge in [-0.25, -0.2) is 0 Å². The molecule has 4 nitrogen and oxygen atoms in total. The van der Waals surface area contributed by atoms with Gasteiger partial charge in [0.1, 0.15) is 0 Å². The van der Waals surface area contributed by atoms with Crippen molar-refractivity contribution in [2.75, 3.05) is 0 Å². The van der Waals surface area contributed by atoms with Crippen LogP contribution in [0.3, 0.4) is 0 Å². The Labute approximate surface area is 123 Å². The molecule has 1 aliphatic carbocycles. The summed E-state index contributed by atoms with van der Waals surface area (Å²) in [5.74, 6) is 0. The van der Waals surface area contributed by atoms with E-state index in [1.165, 1.54) is 22.2 Å². The molecule has 0 amide bonds. The molecule has 0 spiro atoms. The summed E-state index contributed by atoms with van der Waals surface area (Å²) in [5, 5.41) is 18.1. The van der Waals surface area contributed by atoms with E-state index in [1.807, 2.05) is 0 Å². The number of rotatable bonds is 2. The Bertz CT molecular complexity index is 643. The Balaban J connectivity index is 1.91. The van der Waals surface area contributed by atoms with Gasteiger partial charge < -0.3 is 5.11 Å². The summed E-state index contributed by atoms with van der Waals surface area (Å²) in [7, 11) is 0. The van der Waals surface area contributed by atoms with Crippen LogP contribution in [0.4, 0.5) is 13.2 Å². The number of fused-ring (bicyclic) bond motifs is 1. The molecule has 21 heavy (non-hydrogen) atoms. The molecule has 2 aromatic heterocycles. The van der Waals surface area contributed by atoms with Gasteiger partial charge >= 0.3 is 6.18 Å². The van der Waals surface area contributed by atoms with Crippen molar-refractivity contribution in [3.8, 4) is 0 Å². The van der Waals surface area contributed by atoms with E-state index in [-0.39, 0.29) is 5.25 Å². The van der Waals surface area contributed by atoms with Gasteiger partial charge in [0.15, 0.2) is 10.8 Å². The predicted octanol–water partition coefficient (Wildman–Crippen LogP) is 3.14. The largest absolute Gasteiger partial charge is 0.417 e. The number of nitrogens with zero attached hydrogens (tertiary/aromatic N) is 3. The normalized spacial score (nSPS) is 23.6. The van der Waals surface area contributed by atoms with Gasteiger partial charge in [0.2, 0.25) is 0 Å². The lowest BCUT2D eigenvalue weighted by atomic mass is 9.97. The van der Waals surface area contributed by atoms with Crippen LogP contribution in [0.5, 0.6) is 0 Å². The molecule has 0 aromatic carbocycles. The molecule has 2 heterocycles. The first-order chi connectivity index (χ1) is 9.95. The summed E-state index contributed by atoms with van der Waals surface area (Å²) < 4.78 is 39.7. The van der Waals surface area contributed by atoms with Crippen molar-refractivity contribution >= 4 is 17.4 Å². The number of aromatic nitrogens is 3. The van der Waals surface area contributed by atoms with E-state index < -0.39 is 17.8 Å². The first-order valence-electron chi connectivity index (χ1n) is 6.72. The molecule has 1 fully saturated rings. The van der Waals surface area contributed by atoms with Crippen LogP contribution in [0.1, 0.15) is 31.2 Å². The molecule has 0 bridgehead atoms. The molecule has 0 aliphatic heterocycles. The number of pyridine rings is 1. The maximum Gasteiger partial charge on any atom is 0.417 e. The maximum absolute atomic E-state index is 12.8. The smallest absolute Gasteiger partial charge is 0.392 e. The zero-order valence-electron chi connectivity index (χ0n) is 11.0. The number of aliphatic hydroxyl groups is 1. The molecule has 1 saturated carbocycles. The van der Waals surface area contributed by atoms with Gasteiger partial charge in [-0.2, -0.15) is 13.2 Å². The average molecular weight is 317 g/mol. The fourth-order valence-corrected chi connectivity index (χ4v) is 3.66. The number of aliphatic hydroxyl groups excluding tert-OH is 1. The summed E-state index contributed by atoms with van der Waals surface area (Å²) in [5.41, 5.74) is -0.364. The average Bonchev–Trinajstić information content (AvgIpc) is 2.83. The van der Waals surface area contributed by atoms with Crippen LogP contribution >= 0.6 is 11.8 Å². The van der Waals surface area contributed by atoms with Crippen LogP contribution in [0.25, 0.3) is 5.65 Å². The molecule has 0 saturated heterocycles. The second-order valence-corrected chi connectivity index (χ2v) is 6.34. The first-order valence-corrected chi connectivity index (χ1v) is 7.60.